The molecule has 2 rings (SSSR count). The molecule has 2 aromatic heterocycles. The Morgan fingerprint density at radius 3 is 3.17 bits per heavy atom. The second-order valence-corrected chi connectivity index (χ2v) is 5.29. The van der Waals surface area contributed by atoms with Crippen LogP contribution in [-0.4, -0.2) is 33.0 Å². The van der Waals surface area contributed by atoms with Crippen molar-refractivity contribution in [3.63, 3.8) is 0 Å². The quantitative estimate of drug-likeness (QED) is 0.827. The van der Waals surface area contributed by atoms with Crippen LogP contribution in [0.3, 0.4) is 0 Å². The van der Waals surface area contributed by atoms with Gasteiger partial charge in [-0.15, -0.1) is 11.8 Å². The fourth-order valence-electron chi connectivity index (χ4n) is 1.17. The van der Waals surface area contributed by atoms with Gasteiger partial charge < -0.3 is 15.4 Å². The van der Waals surface area contributed by atoms with E-state index in [0.29, 0.717) is 23.2 Å². The Morgan fingerprint density at radius 2 is 2.50 bits per heavy atom. The Bertz CT molecular complexity index is 512. The number of nitrogens with zero attached hydrogens (tertiary/aromatic N) is 2. The van der Waals surface area contributed by atoms with Gasteiger partial charge in [-0.1, -0.05) is 5.16 Å². The summed E-state index contributed by atoms with van der Waals surface area (Å²) in [5.41, 5.74) is 6.30. The number of carbonyl (C=O) groups is 1. The predicted molar refractivity (Wildman–Crippen MR) is 69.4 cm³/mol. The van der Waals surface area contributed by atoms with Gasteiger partial charge in [0, 0.05) is 16.7 Å². The average Bonchev–Trinajstić information content (AvgIpc) is 2.98. The molecule has 3 N–H and O–H groups in total. The maximum absolute atomic E-state index is 10.5. The van der Waals surface area contributed by atoms with E-state index < -0.39 is 12.0 Å². The van der Waals surface area contributed by atoms with Crippen molar-refractivity contribution in [2.45, 2.75) is 11.8 Å². The fraction of sp³-hybridized carbons (Fsp3) is 0.300. The first-order valence-corrected chi connectivity index (χ1v) is 7.18. The van der Waals surface area contributed by atoms with Crippen molar-refractivity contribution in [2.24, 2.45) is 5.73 Å². The molecule has 0 fully saturated rings. The van der Waals surface area contributed by atoms with Crippen molar-refractivity contribution in [3.05, 3.63) is 22.7 Å². The van der Waals surface area contributed by atoms with Gasteiger partial charge in [-0.2, -0.15) is 16.3 Å². The van der Waals surface area contributed by atoms with E-state index in [2.05, 4.69) is 10.1 Å². The molecule has 0 saturated carbocycles. The van der Waals surface area contributed by atoms with Gasteiger partial charge in [-0.3, -0.25) is 4.79 Å². The minimum Gasteiger partial charge on any atom is -0.480 e. The summed E-state index contributed by atoms with van der Waals surface area (Å²) in [6, 6.07) is 1.04. The predicted octanol–water partition coefficient (Wildman–Crippen LogP) is 1.44. The number of carboxylic acid groups (broad SMARTS) is 1. The van der Waals surface area contributed by atoms with Gasteiger partial charge in [-0.25, -0.2) is 0 Å². The molecule has 6 nitrogen and oxygen atoms in total. The van der Waals surface area contributed by atoms with Crippen molar-refractivity contribution < 1.29 is 14.4 Å². The average molecular weight is 285 g/mol. The zero-order valence-corrected chi connectivity index (χ0v) is 10.9. The number of hydrogen-bond donors (Lipinski definition) is 2. The Hall–Kier alpha value is -1.38. The van der Waals surface area contributed by atoms with Crippen LogP contribution in [0.25, 0.3) is 11.4 Å². The molecule has 0 aliphatic heterocycles. The molecule has 0 aliphatic carbocycles. The third-order valence-corrected chi connectivity index (χ3v) is 3.82. The third kappa shape index (κ3) is 3.31. The monoisotopic (exact) mass is 285 g/mol. The summed E-state index contributed by atoms with van der Waals surface area (Å²) in [6.07, 6.45) is 0. The second-order valence-electron chi connectivity index (χ2n) is 3.48. The van der Waals surface area contributed by atoms with E-state index in [1.807, 2.05) is 16.8 Å². The van der Waals surface area contributed by atoms with Crippen LogP contribution in [0, 0.1) is 0 Å². The zero-order valence-electron chi connectivity index (χ0n) is 9.28. The Balaban J connectivity index is 1.86. The molecule has 1 unspecified atom stereocenters. The van der Waals surface area contributed by atoms with Gasteiger partial charge in [-0.05, 0) is 11.4 Å². The summed E-state index contributed by atoms with van der Waals surface area (Å²) in [7, 11) is 0. The molecule has 2 heterocycles. The lowest BCUT2D eigenvalue weighted by Crippen LogP contribution is -2.32. The number of thioether (sulfide) groups is 1. The summed E-state index contributed by atoms with van der Waals surface area (Å²) in [5.74, 6) is 0.782. The van der Waals surface area contributed by atoms with Crippen LogP contribution in [0.2, 0.25) is 0 Å². The van der Waals surface area contributed by atoms with Crippen molar-refractivity contribution in [1.29, 1.82) is 0 Å². The van der Waals surface area contributed by atoms with Gasteiger partial charge in [0.05, 0.1) is 5.75 Å². The molecule has 0 amide bonds. The summed E-state index contributed by atoms with van der Waals surface area (Å²) in [4.78, 5) is 14.7. The highest BCUT2D eigenvalue weighted by Gasteiger charge is 2.13. The molecular formula is C10H11N3O3S2. The molecule has 1 atom stereocenters. The summed E-state index contributed by atoms with van der Waals surface area (Å²) >= 11 is 2.91. The first-order valence-electron chi connectivity index (χ1n) is 5.08. The van der Waals surface area contributed by atoms with Gasteiger partial charge in [0.2, 0.25) is 11.7 Å². The molecule has 0 radical (unpaired) electrons. The Labute approximate surface area is 111 Å². The van der Waals surface area contributed by atoms with Crippen LogP contribution < -0.4 is 5.73 Å². The van der Waals surface area contributed by atoms with Crippen molar-refractivity contribution in [1.82, 2.24) is 10.1 Å². The number of rotatable bonds is 6. The minimum absolute atomic E-state index is 0.311. The van der Waals surface area contributed by atoms with E-state index in [9.17, 15) is 4.79 Å². The molecule has 0 aliphatic rings. The van der Waals surface area contributed by atoms with E-state index in [1.165, 1.54) is 11.8 Å². The Kier molecular flexibility index (Phi) is 4.34. The summed E-state index contributed by atoms with van der Waals surface area (Å²) < 4.78 is 5.07. The highest BCUT2D eigenvalue weighted by Crippen LogP contribution is 2.20. The minimum atomic E-state index is -1.01. The molecule has 0 saturated heterocycles. The smallest absolute Gasteiger partial charge is 0.321 e. The summed E-state index contributed by atoms with van der Waals surface area (Å²) in [6.45, 7) is 0. The van der Waals surface area contributed by atoms with Gasteiger partial charge in [0.15, 0.2) is 0 Å². The maximum Gasteiger partial charge on any atom is 0.321 e. The van der Waals surface area contributed by atoms with E-state index in [-0.39, 0.29) is 0 Å². The lowest BCUT2D eigenvalue weighted by molar-refractivity contribution is -0.137. The largest absolute Gasteiger partial charge is 0.480 e. The SMILES string of the molecule is NC(CSCc1nc(-c2ccsc2)no1)C(=O)O. The molecule has 96 valence electrons. The number of thiophene rings is 1. The molecule has 0 spiro atoms. The van der Waals surface area contributed by atoms with Crippen LogP contribution in [-0.2, 0) is 10.5 Å². The lowest BCUT2D eigenvalue weighted by Gasteiger charge is -2.03. The Morgan fingerprint density at radius 1 is 1.67 bits per heavy atom. The third-order valence-electron chi connectivity index (χ3n) is 2.09. The van der Waals surface area contributed by atoms with E-state index >= 15 is 0 Å². The molecule has 18 heavy (non-hydrogen) atoms. The van der Waals surface area contributed by atoms with E-state index in [1.54, 1.807) is 11.3 Å². The topological polar surface area (TPSA) is 102 Å². The van der Waals surface area contributed by atoms with E-state index in [4.69, 9.17) is 15.4 Å². The van der Waals surface area contributed by atoms with Crippen LogP contribution in [0.15, 0.2) is 21.3 Å². The van der Waals surface area contributed by atoms with E-state index in [0.717, 1.165) is 5.56 Å². The molecular weight excluding hydrogens is 274 g/mol. The molecule has 2 aromatic rings. The highest BCUT2D eigenvalue weighted by molar-refractivity contribution is 7.98. The maximum atomic E-state index is 10.5. The molecule has 8 heteroatoms. The zero-order chi connectivity index (χ0) is 13.0. The number of aromatic nitrogens is 2. The molecule has 0 bridgehead atoms. The number of carboxylic acids is 1. The first kappa shape index (κ1) is 13.1. The van der Waals surface area contributed by atoms with Crippen molar-refractivity contribution in [2.75, 3.05) is 5.75 Å². The standard InChI is InChI=1S/C10H11N3O3S2/c11-7(10(14)15)4-18-5-8-12-9(13-16-8)6-1-2-17-3-6/h1-3,7H,4-5,11H2,(H,14,15). The van der Waals surface area contributed by atoms with Crippen LogP contribution >= 0.6 is 23.1 Å². The fourth-order valence-corrected chi connectivity index (χ4v) is 2.61. The van der Waals surface area contributed by atoms with Crippen LogP contribution in [0.4, 0.5) is 0 Å². The van der Waals surface area contributed by atoms with Gasteiger partial charge in [0.25, 0.3) is 0 Å². The highest BCUT2D eigenvalue weighted by atomic mass is 32.2. The normalized spacial score (nSPS) is 12.5. The van der Waals surface area contributed by atoms with Crippen LogP contribution in [0.1, 0.15) is 5.89 Å². The second kappa shape index (κ2) is 5.98. The number of aliphatic carboxylic acids is 1. The van der Waals surface area contributed by atoms with Gasteiger partial charge >= 0.3 is 5.97 Å². The van der Waals surface area contributed by atoms with Crippen molar-refractivity contribution in [3.8, 4) is 11.4 Å². The summed E-state index contributed by atoms with van der Waals surface area (Å²) in [5, 5.41) is 16.3. The van der Waals surface area contributed by atoms with Crippen molar-refractivity contribution >= 4 is 29.1 Å². The molecule has 0 aromatic carbocycles. The van der Waals surface area contributed by atoms with Gasteiger partial charge in [0.1, 0.15) is 6.04 Å². The number of nitrogens with two attached hydrogens (primary N) is 1. The van der Waals surface area contributed by atoms with Crippen LogP contribution in [0.5, 0.6) is 0 Å². The lowest BCUT2D eigenvalue weighted by atomic mass is 10.3. The number of hydrogen-bond acceptors (Lipinski definition) is 7. The first-order chi connectivity index (χ1) is 8.66.